The lowest BCUT2D eigenvalue weighted by molar-refractivity contribution is -0.112. The maximum absolute atomic E-state index is 12.9. The zero-order chi connectivity index (χ0) is 22.2. The van der Waals surface area contributed by atoms with Gasteiger partial charge in [-0.1, -0.05) is 17.7 Å². The molecule has 2 N–H and O–H groups in total. The van der Waals surface area contributed by atoms with Gasteiger partial charge in [0.25, 0.3) is 5.91 Å². The number of rotatable bonds is 5. The molecule has 0 bridgehead atoms. The summed E-state index contributed by atoms with van der Waals surface area (Å²) in [5, 5.41) is 19.4. The SMILES string of the molecule is Cc1cccc(C(=O)Nc2cc3cn(C4CCC(C=O)CC4)nc3cc2C(C)(C)O)c1. The van der Waals surface area contributed by atoms with Gasteiger partial charge in [0.15, 0.2) is 0 Å². The largest absolute Gasteiger partial charge is 0.386 e. The predicted octanol–water partition coefficient (Wildman–Crippen LogP) is 4.75. The van der Waals surface area contributed by atoms with Crippen LogP contribution in [0, 0.1) is 12.8 Å². The molecule has 2 aromatic carbocycles. The van der Waals surface area contributed by atoms with Crippen molar-refractivity contribution in [3.63, 3.8) is 0 Å². The number of aliphatic hydroxyl groups is 1. The smallest absolute Gasteiger partial charge is 0.255 e. The van der Waals surface area contributed by atoms with Gasteiger partial charge in [-0.2, -0.15) is 5.10 Å². The van der Waals surface area contributed by atoms with Gasteiger partial charge in [-0.3, -0.25) is 9.48 Å². The van der Waals surface area contributed by atoms with Crippen LogP contribution in [0.4, 0.5) is 5.69 Å². The fourth-order valence-corrected chi connectivity index (χ4v) is 4.37. The Morgan fingerprint density at radius 2 is 1.94 bits per heavy atom. The van der Waals surface area contributed by atoms with Gasteiger partial charge >= 0.3 is 0 Å². The van der Waals surface area contributed by atoms with Gasteiger partial charge < -0.3 is 15.2 Å². The third-order valence-corrected chi connectivity index (χ3v) is 6.16. The van der Waals surface area contributed by atoms with Crippen molar-refractivity contribution in [2.45, 2.75) is 58.1 Å². The van der Waals surface area contributed by atoms with Crippen LogP contribution >= 0.6 is 0 Å². The van der Waals surface area contributed by atoms with Crippen molar-refractivity contribution in [2.75, 3.05) is 5.32 Å². The van der Waals surface area contributed by atoms with Gasteiger partial charge in [0, 0.05) is 34.3 Å². The number of carbonyl (C=O) groups is 2. The lowest BCUT2D eigenvalue weighted by Crippen LogP contribution is -2.21. The normalized spacial score (nSPS) is 19.4. The van der Waals surface area contributed by atoms with E-state index in [9.17, 15) is 14.7 Å². The van der Waals surface area contributed by atoms with Crippen LogP contribution in [0.15, 0.2) is 42.6 Å². The van der Waals surface area contributed by atoms with Crippen molar-refractivity contribution in [1.82, 2.24) is 9.78 Å². The number of aldehydes is 1. The van der Waals surface area contributed by atoms with Gasteiger partial charge in [0.1, 0.15) is 6.29 Å². The topological polar surface area (TPSA) is 84.2 Å². The Morgan fingerprint density at radius 1 is 1.19 bits per heavy atom. The molecule has 4 rings (SSSR count). The second kappa shape index (κ2) is 8.27. The quantitative estimate of drug-likeness (QED) is 0.584. The Balaban J connectivity index is 1.67. The molecule has 162 valence electrons. The Kier molecular flexibility index (Phi) is 5.67. The molecule has 1 saturated carbocycles. The number of aryl methyl sites for hydroxylation is 1. The van der Waals surface area contributed by atoms with Crippen molar-refractivity contribution < 1.29 is 14.7 Å². The van der Waals surface area contributed by atoms with E-state index < -0.39 is 5.60 Å². The van der Waals surface area contributed by atoms with E-state index >= 15 is 0 Å². The van der Waals surface area contributed by atoms with Crippen LogP contribution in [-0.2, 0) is 10.4 Å². The highest BCUT2D eigenvalue weighted by molar-refractivity contribution is 6.05. The molecule has 1 aliphatic carbocycles. The van der Waals surface area contributed by atoms with Gasteiger partial charge in [-0.05, 0) is 70.7 Å². The minimum Gasteiger partial charge on any atom is -0.386 e. The number of hydrogen-bond donors (Lipinski definition) is 2. The summed E-state index contributed by atoms with van der Waals surface area (Å²) in [4.78, 5) is 23.9. The van der Waals surface area contributed by atoms with Crippen molar-refractivity contribution in [3.8, 4) is 0 Å². The summed E-state index contributed by atoms with van der Waals surface area (Å²) in [5.41, 5.74) is 2.42. The molecule has 0 spiro atoms. The van der Waals surface area contributed by atoms with Gasteiger partial charge in [-0.15, -0.1) is 0 Å². The number of benzene rings is 2. The zero-order valence-electron chi connectivity index (χ0n) is 18.3. The summed E-state index contributed by atoms with van der Waals surface area (Å²) in [5.74, 6) is -0.0559. The molecule has 0 saturated heterocycles. The molecule has 0 atom stereocenters. The lowest BCUT2D eigenvalue weighted by atomic mass is 9.87. The Labute approximate surface area is 182 Å². The predicted molar refractivity (Wildman–Crippen MR) is 121 cm³/mol. The van der Waals surface area contributed by atoms with E-state index in [2.05, 4.69) is 5.32 Å². The molecule has 1 heterocycles. The molecule has 0 unspecified atom stereocenters. The number of amides is 1. The Bertz CT molecular complexity index is 1120. The first kappa shape index (κ1) is 21.2. The van der Waals surface area contributed by atoms with Gasteiger partial charge in [0.2, 0.25) is 0 Å². The average Bonchev–Trinajstić information content (AvgIpc) is 3.15. The molecule has 3 aromatic rings. The fraction of sp³-hybridized carbons (Fsp3) is 0.400. The van der Waals surface area contributed by atoms with E-state index in [-0.39, 0.29) is 17.9 Å². The van der Waals surface area contributed by atoms with E-state index in [1.165, 1.54) is 0 Å². The van der Waals surface area contributed by atoms with Crippen molar-refractivity contribution in [2.24, 2.45) is 5.92 Å². The minimum absolute atomic E-state index is 0.159. The van der Waals surface area contributed by atoms with E-state index in [0.717, 1.165) is 48.4 Å². The maximum Gasteiger partial charge on any atom is 0.255 e. The van der Waals surface area contributed by atoms with Crippen LogP contribution < -0.4 is 5.32 Å². The van der Waals surface area contributed by atoms with E-state index in [1.807, 2.05) is 48.1 Å². The highest BCUT2D eigenvalue weighted by Gasteiger charge is 2.25. The maximum atomic E-state index is 12.9. The van der Waals surface area contributed by atoms with Crippen LogP contribution in [0.25, 0.3) is 10.9 Å². The molecular formula is C25H29N3O3. The second-order valence-corrected chi connectivity index (χ2v) is 9.15. The summed E-state index contributed by atoms with van der Waals surface area (Å²) >= 11 is 0. The molecule has 1 aliphatic rings. The Morgan fingerprint density at radius 3 is 2.58 bits per heavy atom. The zero-order valence-corrected chi connectivity index (χ0v) is 18.3. The summed E-state index contributed by atoms with van der Waals surface area (Å²) in [6.45, 7) is 5.35. The molecule has 1 amide bonds. The van der Waals surface area contributed by atoms with Gasteiger partial charge in [-0.25, -0.2) is 0 Å². The molecule has 31 heavy (non-hydrogen) atoms. The highest BCUT2D eigenvalue weighted by Crippen LogP contribution is 2.35. The van der Waals surface area contributed by atoms with Crippen LogP contribution in [0.3, 0.4) is 0 Å². The molecular weight excluding hydrogens is 390 g/mol. The molecule has 6 nitrogen and oxygen atoms in total. The lowest BCUT2D eigenvalue weighted by Gasteiger charge is -2.25. The van der Waals surface area contributed by atoms with Gasteiger partial charge in [0.05, 0.1) is 17.2 Å². The fourth-order valence-electron chi connectivity index (χ4n) is 4.37. The third-order valence-electron chi connectivity index (χ3n) is 6.16. The number of anilines is 1. The number of aromatic nitrogens is 2. The number of nitrogens with one attached hydrogen (secondary N) is 1. The monoisotopic (exact) mass is 419 g/mol. The highest BCUT2D eigenvalue weighted by atomic mass is 16.3. The second-order valence-electron chi connectivity index (χ2n) is 9.15. The van der Waals surface area contributed by atoms with Crippen molar-refractivity contribution in [3.05, 3.63) is 59.3 Å². The molecule has 0 radical (unpaired) electrons. The summed E-state index contributed by atoms with van der Waals surface area (Å²) in [7, 11) is 0. The number of nitrogens with zero attached hydrogens (tertiary/aromatic N) is 2. The summed E-state index contributed by atoms with van der Waals surface area (Å²) < 4.78 is 1.98. The molecule has 0 aliphatic heterocycles. The van der Waals surface area contributed by atoms with Crippen LogP contribution in [-0.4, -0.2) is 27.1 Å². The first-order chi connectivity index (χ1) is 14.7. The number of carbonyl (C=O) groups excluding carboxylic acids is 2. The molecule has 6 heteroatoms. The van der Waals surface area contributed by atoms with Crippen LogP contribution in [0.1, 0.15) is 67.1 Å². The van der Waals surface area contributed by atoms with Crippen LogP contribution in [0.2, 0.25) is 0 Å². The van der Waals surface area contributed by atoms with Crippen molar-refractivity contribution >= 4 is 28.8 Å². The summed E-state index contributed by atoms with van der Waals surface area (Å²) in [6.07, 6.45) is 6.68. The third kappa shape index (κ3) is 4.54. The van der Waals surface area contributed by atoms with E-state index in [0.29, 0.717) is 16.8 Å². The van der Waals surface area contributed by atoms with E-state index in [1.54, 1.807) is 19.9 Å². The van der Waals surface area contributed by atoms with Crippen LogP contribution in [0.5, 0.6) is 0 Å². The average molecular weight is 420 g/mol. The molecule has 1 fully saturated rings. The summed E-state index contributed by atoms with van der Waals surface area (Å²) in [6, 6.07) is 11.4. The Hall–Kier alpha value is -2.99. The molecule has 1 aromatic heterocycles. The van der Waals surface area contributed by atoms with E-state index in [4.69, 9.17) is 5.10 Å². The first-order valence-electron chi connectivity index (χ1n) is 10.8. The number of hydrogen-bond acceptors (Lipinski definition) is 4. The van der Waals surface area contributed by atoms with Crippen molar-refractivity contribution in [1.29, 1.82) is 0 Å². The minimum atomic E-state index is -1.14. The standard InChI is InChI=1S/C25H29N3O3/c1-16-5-4-6-18(11-16)24(30)26-23-12-19-14-28(20-9-7-17(15-29)8-10-20)27-22(19)13-21(23)25(2,3)31/h4-6,11-15,17,20,31H,7-10H2,1-3H3,(H,26,30). The number of fused-ring (bicyclic) bond motifs is 1. The first-order valence-corrected chi connectivity index (χ1v) is 10.8.